The molecular weight excluding hydrogens is 369 g/mol. The van der Waals surface area contributed by atoms with Gasteiger partial charge in [-0.15, -0.1) is 0 Å². The van der Waals surface area contributed by atoms with Gasteiger partial charge in [0.15, 0.2) is 0 Å². The average molecular weight is 383 g/mol. The maximum atomic E-state index is 12.0. The van der Waals surface area contributed by atoms with E-state index in [2.05, 4.69) is 9.46 Å². The summed E-state index contributed by atoms with van der Waals surface area (Å²) in [6.07, 6.45) is 0. The molecular formula is C11H14INO4S. The molecule has 1 aromatic rings. The van der Waals surface area contributed by atoms with Crippen LogP contribution in [-0.2, 0) is 19.6 Å². The molecule has 0 heterocycles. The number of carbonyl (C=O) groups is 1. The maximum absolute atomic E-state index is 12.0. The topological polar surface area (TPSA) is 72.5 Å². The first-order valence-corrected chi connectivity index (χ1v) is 7.88. The predicted molar refractivity (Wildman–Crippen MR) is 76.2 cm³/mol. The summed E-state index contributed by atoms with van der Waals surface area (Å²) < 4.78 is 30.4. The number of benzene rings is 1. The molecule has 7 heteroatoms. The molecule has 1 N–H and O–H groups in total. The van der Waals surface area contributed by atoms with Crippen LogP contribution < -0.4 is 4.72 Å². The van der Waals surface area contributed by atoms with Crippen LogP contribution in [-0.4, -0.2) is 32.0 Å². The molecule has 1 unspecified atom stereocenters. The average Bonchev–Trinajstić information content (AvgIpc) is 2.35. The van der Waals surface area contributed by atoms with Crippen molar-refractivity contribution < 1.29 is 17.9 Å². The molecule has 100 valence electrons. The summed E-state index contributed by atoms with van der Waals surface area (Å²) in [5.41, 5.74) is 0.660. The van der Waals surface area contributed by atoms with E-state index < -0.39 is 19.9 Å². The zero-order valence-corrected chi connectivity index (χ0v) is 13.0. The van der Waals surface area contributed by atoms with Crippen molar-refractivity contribution in [3.8, 4) is 0 Å². The lowest BCUT2D eigenvalue weighted by molar-refractivity contribution is -0.139. The number of hydrogen-bond donors (Lipinski definition) is 1. The van der Waals surface area contributed by atoms with E-state index in [1.165, 1.54) is 13.2 Å². The van der Waals surface area contributed by atoms with E-state index in [1.54, 1.807) is 25.1 Å². The number of methoxy groups -OCH3 is 1. The Morgan fingerprint density at radius 1 is 1.44 bits per heavy atom. The third kappa shape index (κ3) is 3.92. The smallest absolute Gasteiger partial charge is 0.319 e. The first-order chi connectivity index (χ1) is 8.38. The lowest BCUT2D eigenvalue weighted by atomic mass is 10.2. The van der Waals surface area contributed by atoms with Crippen LogP contribution >= 0.6 is 22.6 Å². The maximum Gasteiger partial charge on any atom is 0.319 e. The van der Waals surface area contributed by atoms with E-state index in [9.17, 15) is 13.2 Å². The molecule has 1 atom stereocenters. The van der Waals surface area contributed by atoms with Crippen molar-refractivity contribution in [3.05, 3.63) is 29.8 Å². The van der Waals surface area contributed by atoms with Gasteiger partial charge in [-0.2, -0.15) is 0 Å². The van der Waals surface area contributed by atoms with Crippen molar-refractivity contribution in [2.45, 2.75) is 15.7 Å². The largest absolute Gasteiger partial charge is 0.468 e. The van der Waals surface area contributed by atoms with Gasteiger partial charge in [0.2, 0.25) is 10.0 Å². The molecule has 18 heavy (non-hydrogen) atoms. The molecule has 0 aliphatic heterocycles. The van der Waals surface area contributed by atoms with Gasteiger partial charge < -0.3 is 4.74 Å². The highest BCUT2D eigenvalue weighted by Gasteiger charge is 2.21. The van der Waals surface area contributed by atoms with Gasteiger partial charge in [-0.3, -0.25) is 4.79 Å². The number of carbonyl (C=O) groups excluding carboxylic acids is 1. The van der Waals surface area contributed by atoms with Gasteiger partial charge in [-0.05, 0) is 18.6 Å². The fraction of sp³-hybridized carbons (Fsp3) is 0.364. The number of hydrogen-bond acceptors (Lipinski definition) is 4. The second-order valence-electron chi connectivity index (χ2n) is 3.61. The van der Waals surface area contributed by atoms with Gasteiger partial charge in [0.05, 0.1) is 12.0 Å². The van der Waals surface area contributed by atoms with Crippen LogP contribution in [0.4, 0.5) is 0 Å². The van der Waals surface area contributed by atoms with Crippen LogP contribution in [0, 0.1) is 6.92 Å². The van der Waals surface area contributed by atoms with Gasteiger partial charge >= 0.3 is 5.97 Å². The Balaban J connectivity index is 2.78. The fourth-order valence-electron chi connectivity index (χ4n) is 1.33. The van der Waals surface area contributed by atoms with E-state index in [0.29, 0.717) is 5.56 Å². The number of ether oxygens (including phenoxy) is 1. The molecule has 1 aromatic carbocycles. The number of alkyl halides is 1. The monoisotopic (exact) mass is 383 g/mol. The molecule has 0 bridgehead atoms. The quantitative estimate of drug-likeness (QED) is 0.472. The second-order valence-corrected chi connectivity index (χ2v) is 6.85. The molecule has 0 amide bonds. The van der Waals surface area contributed by atoms with Gasteiger partial charge in [0, 0.05) is 6.54 Å². The summed E-state index contributed by atoms with van der Waals surface area (Å²) in [4.78, 5) is 11.4. The molecule has 0 fully saturated rings. The van der Waals surface area contributed by atoms with Crippen molar-refractivity contribution in [1.29, 1.82) is 0 Å². The van der Waals surface area contributed by atoms with Gasteiger partial charge in [-0.25, -0.2) is 13.1 Å². The van der Waals surface area contributed by atoms with Crippen molar-refractivity contribution in [1.82, 2.24) is 4.72 Å². The Morgan fingerprint density at radius 2 is 2.06 bits per heavy atom. The van der Waals surface area contributed by atoms with Crippen molar-refractivity contribution in [2.24, 2.45) is 0 Å². The first-order valence-electron chi connectivity index (χ1n) is 5.15. The zero-order valence-electron chi connectivity index (χ0n) is 10.0. The second kappa shape index (κ2) is 6.48. The molecule has 0 radical (unpaired) electrons. The van der Waals surface area contributed by atoms with Crippen molar-refractivity contribution in [2.75, 3.05) is 13.7 Å². The highest BCUT2D eigenvalue weighted by atomic mass is 127. The molecule has 5 nitrogen and oxygen atoms in total. The molecule has 0 aliphatic rings. The first kappa shape index (κ1) is 15.4. The summed E-state index contributed by atoms with van der Waals surface area (Å²) in [6.45, 7) is 1.72. The summed E-state index contributed by atoms with van der Waals surface area (Å²) in [7, 11) is -2.32. The van der Waals surface area contributed by atoms with Gasteiger partial charge in [-0.1, -0.05) is 40.8 Å². The minimum absolute atomic E-state index is 0.00387. The third-order valence-corrected chi connectivity index (χ3v) is 4.83. The lowest BCUT2D eigenvalue weighted by Gasteiger charge is -2.11. The van der Waals surface area contributed by atoms with Crippen LogP contribution in [0.2, 0.25) is 0 Å². The number of esters is 1. The molecule has 0 aromatic heterocycles. The van der Waals surface area contributed by atoms with E-state index in [4.69, 9.17) is 0 Å². The molecule has 0 spiro atoms. The number of sulfonamides is 1. The van der Waals surface area contributed by atoms with E-state index in [1.807, 2.05) is 22.6 Å². The fourth-order valence-corrected chi connectivity index (χ4v) is 3.39. The molecule has 0 aliphatic carbocycles. The number of rotatable bonds is 5. The highest BCUT2D eigenvalue weighted by molar-refractivity contribution is 14.1. The number of aryl methyl sites for hydroxylation is 1. The number of nitrogens with one attached hydrogen (secondary N) is 1. The Hall–Kier alpha value is -0.670. The SMILES string of the molecule is COC(=O)C(I)CNS(=O)(=O)c1ccccc1C. The van der Waals surface area contributed by atoms with Crippen molar-refractivity contribution in [3.63, 3.8) is 0 Å². The Bertz CT molecular complexity index is 530. The Labute approximate surface area is 120 Å². The van der Waals surface area contributed by atoms with E-state index in [0.717, 1.165) is 0 Å². The summed E-state index contributed by atoms with van der Waals surface area (Å²) in [6, 6.07) is 6.67. The summed E-state index contributed by atoms with van der Waals surface area (Å²) in [5, 5.41) is 0. The van der Waals surface area contributed by atoms with Crippen LogP contribution in [0.3, 0.4) is 0 Å². The van der Waals surface area contributed by atoms with Crippen LogP contribution in [0.1, 0.15) is 5.56 Å². The lowest BCUT2D eigenvalue weighted by Crippen LogP contribution is -2.34. The minimum atomic E-state index is -3.59. The van der Waals surface area contributed by atoms with Crippen molar-refractivity contribution >= 4 is 38.6 Å². The summed E-state index contributed by atoms with van der Waals surface area (Å²) in [5.74, 6) is -0.455. The number of halogens is 1. The van der Waals surface area contributed by atoms with E-state index in [-0.39, 0.29) is 11.4 Å². The van der Waals surface area contributed by atoms with Crippen LogP contribution in [0.25, 0.3) is 0 Å². The third-order valence-electron chi connectivity index (χ3n) is 2.29. The Kier molecular flexibility index (Phi) is 5.54. The summed E-state index contributed by atoms with van der Waals surface area (Å²) >= 11 is 1.83. The minimum Gasteiger partial charge on any atom is -0.468 e. The molecule has 0 saturated carbocycles. The van der Waals surface area contributed by atoms with Gasteiger partial charge in [0.25, 0.3) is 0 Å². The molecule has 0 saturated heterocycles. The normalized spacial score (nSPS) is 13.1. The van der Waals surface area contributed by atoms with Crippen LogP contribution in [0.5, 0.6) is 0 Å². The zero-order chi connectivity index (χ0) is 13.8. The van der Waals surface area contributed by atoms with Crippen LogP contribution in [0.15, 0.2) is 29.2 Å². The predicted octanol–water partition coefficient (Wildman–Crippen LogP) is 1.25. The highest BCUT2D eigenvalue weighted by Crippen LogP contribution is 2.14. The standard InChI is InChI=1S/C11H14INO4S/c1-8-5-3-4-6-10(8)18(15,16)13-7-9(12)11(14)17-2/h3-6,9,13H,7H2,1-2H3. The van der Waals surface area contributed by atoms with Gasteiger partial charge in [0.1, 0.15) is 3.92 Å². The van der Waals surface area contributed by atoms with E-state index >= 15 is 0 Å². The molecule has 1 rings (SSSR count). The Morgan fingerprint density at radius 3 is 2.61 bits per heavy atom.